The summed E-state index contributed by atoms with van der Waals surface area (Å²) in [6.07, 6.45) is 0. The van der Waals surface area contributed by atoms with Gasteiger partial charge in [0.05, 0.1) is 17.1 Å². The number of hydrogen-bond acceptors (Lipinski definition) is 2. The highest BCUT2D eigenvalue weighted by atomic mass is 15.1. The van der Waals surface area contributed by atoms with E-state index < -0.39 is 0 Å². The number of imidazole rings is 1. The molecule has 1 atom stereocenters. The second kappa shape index (κ2) is 4.73. The van der Waals surface area contributed by atoms with Crippen molar-refractivity contribution >= 4 is 11.0 Å². The van der Waals surface area contributed by atoms with Crippen molar-refractivity contribution in [1.82, 2.24) is 9.55 Å². The summed E-state index contributed by atoms with van der Waals surface area (Å²) in [5.41, 5.74) is 10.9. The number of nitrogens with zero attached hydrogens (tertiary/aromatic N) is 2. The van der Waals surface area contributed by atoms with Crippen molar-refractivity contribution in [3.8, 4) is 0 Å². The third-order valence-corrected chi connectivity index (χ3v) is 3.35. The summed E-state index contributed by atoms with van der Waals surface area (Å²) >= 11 is 0. The van der Waals surface area contributed by atoms with Crippen LogP contribution >= 0.6 is 0 Å². The Balaban J connectivity index is 2.68. The van der Waals surface area contributed by atoms with Gasteiger partial charge in [0.25, 0.3) is 0 Å². The van der Waals surface area contributed by atoms with Crippen LogP contribution in [-0.2, 0) is 6.54 Å². The number of rotatable bonds is 3. The Kier molecular flexibility index (Phi) is 3.44. The molecule has 0 spiro atoms. The summed E-state index contributed by atoms with van der Waals surface area (Å²) < 4.78 is 2.27. The molecule has 1 heterocycles. The monoisotopic (exact) mass is 245 g/mol. The highest BCUT2D eigenvalue weighted by Gasteiger charge is 2.15. The second-order valence-corrected chi connectivity index (χ2v) is 5.69. The Morgan fingerprint density at radius 2 is 1.78 bits per heavy atom. The molecule has 0 aliphatic heterocycles. The van der Waals surface area contributed by atoms with Crippen molar-refractivity contribution in [3.63, 3.8) is 0 Å². The molecule has 0 radical (unpaired) electrons. The Morgan fingerprint density at radius 1 is 1.17 bits per heavy atom. The smallest absolute Gasteiger partial charge is 0.126 e. The Labute approximate surface area is 109 Å². The lowest BCUT2D eigenvalue weighted by Crippen LogP contribution is -2.15. The Morgan fingerprint density at radius 3 is 2.33 bits per heavy atom. The van der Waals surface area contributed by atoms with Crippen LogP contribution in [0.25, 0.3) is 11.0 Å². The summed E-state index contributed by atoms with van der Waals surface area (Å²) in [7, 11) is 0. The average Bonchev–Trinajstić information content (AvgIpc) is 2.57. The zero-order valence-electron chi connectivity index (χ0n) is 12.0. The van der Waals surface area contributed by atoms with Gasteiger partial charge in [0.2, 0.25) is 0 Å². The first-order valence-electron chi connectivity index (χ1n) is 6.63. The normalized spacial score (nSPS) is 13.5. The fraction of sp³-hybridized carbons (Fsp3) is 0.533. The SMILES string of the molecule is Cc1cc2nc(C(C)N)n(CC(C)C)c2cc1C. The van der Waals surface area contributed by atoms with Gasteiger partial charge in [0, 0.05) is 6.54 Å². The fourth-order valence-corrected chi connectivity index (χ4v) is 2.30. The predicted molar refractivity (Wildman–Crippen MR) is 76.6 cm³/mol. The second-order valence-electron chi connectivity index (χ2n) is 5.69. The molecule has 0 saturated heterocycles. The number of fused-ring (bicyclic) bond motifs is 1. The minimum atomic E-state index is -0.0308. The van der Waals surface area contributed by atoms with Crippen LogP contribution in [0.15, 0.2) is 12.1 Å². The van der Waals surface area contributed by atoms with Gasteiger partial charge in [-0.3, -0.25) is 0 Å². The van der Waals surface area contributed by atoms with Crippen molar-refractivity contribution in [3.05, 3.63) is 29.1 Å². The molecule has 0 aliphatic carbocycles. The van der Waals surface area contributed by atoms with E-state index in [0.717, 1.165) is 17.9 Å². The molecule has 0 saturated carbocycles. The van der Waals surface area contributed by atoms with Gasteiger partial charge in [0.1, 0.15) is 5.82 Å². The first-order valence-corrected chi connectivity index (χ1v) is 6.63. The number of aryl methyl sites for hydroxylation is 2. The van der Waals surface area contributed by atoms with Gasteiger partial charge < -0.3 is 10.3 Å². The molecule has 0 bridgehead atoms. The quantitative estimate of drug-likeness (QED) is 0.901. The van der Waals surface area contributed by atoms with E-state index in [1.54, 1.807) is 0 Å². The molecule has 3 heteroatoms. The number of aromatic nitrogens is 2. The van der Waals surface area contributed by atoms with Gasteiger partial charge in [-0.05, 0) is 49.9 Å². The Bertz CT molecular complexity index is 565. The van der Waals surface area contributed by atoms with Crippen LogP contribution in [0.2, 0.25) is 0 Å². The van der Waals surface area contributed by atoms with Gasteiger partial charge >= 0.3 is 0 Å². The molecule has 0 amide bonds. The van der Waals surface area contributed by atoms with E-state index in [9.17, 15) is 0 Å². The zero-order valence-corrected chi connectivity index (χ0v) is 12.0. The minimum absolute atomic E-state index is 0.0308. The lowest BCUT2D eigenvalue weighted by molar-refractivity contribution is 0.505. The highest BCUT2D eigenvalue weighted by Crippen LogP contribution is 2.24. The number of hydrogen-bond donors (Lipinski definition) is 1. The first kappa shape index (κ1) is 13.1. The molecule has 3 nitrogen and oxygen atoms in total. The third-order valence-electron chi connectivity index (χ3n) is 3.35. The summed E-state index contributed by atoms with van der Waals surface area (Å²) in [4.78, 5) is 4.71. The maximum absolute atomic E-state index is 6.05. The van der Waals surface area contributed by atoms with E-state index in [1.165, 1.54) is 16.6 Å². The number of nitrogens with two attached hydrogens (primary N) is 1. The molecule has 0 fully saturated rings. The Hall–Kier alpha value is -1.35. The van der Waals surface area contributed by atoms with Crippen LogP contribution in [0.4, 0.5) is 0 Å². The molecular weight excluding hydrogens is 222 g/mol. The van der Waals surface area contributed by atoms with Gasteiger partial charge in [-0.2, -0.15) is 0 Å². The third kappa shape index (κ3) is 2.27. The van der Waals surface area contributed by atoms with Gasteiger partial charge in [-0.1, -0.05) is 13.8 Å². The molecule has 0 aliphatic rings. The zero-order chi connectivity index (χ0) is 13.4. The molecule has 1 aromatic heterocycles. The van der Waals surface area contributed by atoms with Gasteiger partial charge in [0.15, 0.2) is 0 Å². The van der Waals surface area contributed by atoms with Crippen LogP contribution < -0.4 is 5.73 Å². The van der Waals surface area contributed by atoms with Gasteiger partial charge in [-0.15, -0.1) is 0 Å². The lowest BCUT2D eigenvalue weighted by atomic mass is 10.1. The molecule has 1 aromatic carbocycles. The van der Waals surface area contributed by atoms with Crippen LogP contribution in [-0.4, -0.2) is 9.55 Å². The topological polar surface area (TPSA) is 43.8 Å². The first-order chi connectivity index (χ1) is 8.40. The lowest BCUT2D eigenvalue weighted by Gasteiger charge is -2.14. The van der Waals surface area contributed by atoms with Crippen molar-refractivity contribution in [2.75, 3.05) is 0 Å². The van der Waals surface area contributed by atoms with E-state index in [2.05, 4.69) is 44.4 Å². The largest absolute Gasteiger partial charge is 0.326 e. The van der Waals surface area contributed by atoms with E-state index in [-0.39, 0.29) is 6.04 Å². The van der Waals surface area contributed by atoms with Crippen molar-refractivity contribution in [2.24, 2.45) is 11.7 Å². The fourth-order valence-electron chi connectivity index (χ4n) is 2.30. The van der Waals surface area contributed by atoms with E-state index in [4.69, 9.17) is 10.7 Å². The summed E-state index contributed by atoms with van der Waals surface area (Å²) in [6, 6.07) is 4.36. The molecular formula is C15H23N3. The standard InChI is InChI=1S/C15H23N3/c1-9(2)8-18-14-7-11(4)10(3)6-13(14)17-15(18)12(5)16/h6-7,9,12H,8,16H2,1-5H3. The van der Waals surface area contributed by atoms with E-state index >= 15 is 0 Å². The maximum atomic E-state index is 6.05. The van der Waals surface area contributed by atoms with E-state index in [0.29, 0.717) is 5.92 Å². The molecule has 1 unspecified atom stereocenters. The van der Waals surface area contributed by atoms with Crippen molar-refractivity contribution in [2.45, 2.75) is 47.2 Å². The van der Waals surface area contributed by atoms with Crippen LogP contribution in [0.1, 0.15) is 43.8 Å². The van der Waals surface area contributed by atoms with Crippen molar-refractivity contribution < 1.29 is 0 Å². The van der Waals surface area contributed by atoms with Crippen LogP contribution in [0, 0.1) is 19.8 Å². The number of benzene rings is 1. The predicted octanol–water partition coefficient (Wildman–Crippen LogP) is 3.33. The molecule has 18 heavy (non-hydrogen) atoms. The molecule has 98 valence electrons. The summed E-state index contributed by atoms with van der Waals surface area (Å²) in [5, 5.41) is 0. The summed E-state index contributed by atoms with van der Waals surface area (Å²) in [5.74, 6) is 1.57. The highest BCUT2D eigenvalue weighted by molar-refractivity contribution is 5.78. The molecule has 2 N–H and O–H groups in total. The van der Waals surface area contributed by atoms with Crippen molar-refractivity contribution in [1.29, 1.82) is 0 Å². The van der Waals surface area contributed by atoms with Gasteiger partial charge in [-0.25, -0.2) is 4.98 Å². The molecule has 2 rings (SSSR count). The molecule has 2 aromatic rings. The van der Waals surface area contributed by atoms with Crippen LogP contribution in [0.3, 0.4) is 0 Å². The van der Waals surface area contributed by atoms with Crippen LogP contribution in [0.5, 0.6) is 0 Å². The minimum Gasteiger partial charge on any atom is -0.326 e. The average molecular weight is 245 g/mol. The maximum Gasteiger partial charge on any atom is 0.126 e. The summed E-state index contributed by atoms with van der Waals surface area (Å²) in [6.45, 7) is 11.7. The van der Waals surface area contributed by atoms with E-state index in [1.807, 2.05) is 6.92 Å².